The number of nitrogens with one attached hydrogen (secondary N) is 1. The molecule has 0 saturated carbocycles. The van der Waals surface area contributed by atoms with E-state index in [1.54, 1.807) is 0 Å². The highest BCUT2D eigenvalue weighted by molar-refractivity contribution is 5.94. The smallest absolute Gasteiger partial charge is 0.224 e. The molecule has 0 heterocycles. The number of Topliss-reactive ketones (excluding diaryl/α,β-unsaturated/α-hetero) is 1. The number of ketones is 1. The summed E-state index contributed by atoms with van der Waals surface area (Å²) in [5.41, 5.74) is 0.852. The SMILES string of the molecule is O=C(CCC(=O)Nc1ccc(O)c(O)c1)Cc1ccc(O)c(O)c1. The van der Waals surface area contributed by atoms with Gasteiger partial charge in [-0.15, -0.1) is 0 Å². The molecule has 0 saturated heterocycles. The van der Waals surface area contributed by atoms with E-state index in [4.69, 9.17) is 0 Å². The maximum Gasteiger partial charge on any atom is 0.224 e. The summed E-state index contributed by atoms with van der Waals surface area (Å²) in [5.74, 6) is -1.80. The lowest BCUT2D eigenvalue weighted by atomic mass is 10.0. The molecule has 0 atom stereocenters. The Morgan fingerprint density at radius 2 is 1.42 bits per heavy atom. The van der Waals surface area contributed by atoms with Crippen LogP contribution in [0.2, 0.25) is 0 Å². The van der Waals surface area contributed by atoms with Gasteiger partial charge in [-0.3, -0.25) is 9.59 Å². The standard InChI is InChI=1S/C17H17NO6/c19-12(7-10-1-4-13(20)15(22)8-10)3-6-17(24)18-11-2-5-14(21)16(23)9-11/h1-2,4-5,8-9,20-23H,3,6-7H2,(H,18,24). The van der Waals surface area contributed by atoms with Gasteiger partial charge in [-0.2, -0.15) is 0 Å². The number of hydrogen-bond donors (Lipinski definition) is 5. The zero-order valence-electron chi connectivity index (χ0n) is 12.7. The van der Waals surface area contributed by atoms with E-state index < -0.39 is 5.91 Å². The third-order valence-electron chi connectivity index (χ3n) is 3.33. The third kappa shape index (κ3) is 4.64. The number of carbonyl (C=O) groups excluding carboxylic acids is 2. The molecule has 0 radical (unpaired) electrons. The fourth-order valence-corrected chi connectivity index (χ4v) is 2.07. The van der Waals surface area contributed by atoms with Crippen molar-refractivity contribution in [3.8, 4) is 23.0 Å². The van der Waals surface area contributed by atoms with Crippen LogP contribution in [0.5, 0.6) is 23.0 Å². The molecule has 0 spiro atoms. The van der Waals surface area contributed by atoms with Crippen LogP contribution in [0.15, 0.2) is 36.4 Å². The number of aromatic hydroxyl groups is 4. The van der Waals surface area contributed by atoms with Crippen molar-refractivity contribution in [2.45, 2.75) is 19.3 Å². The van der Waals surface area contributed by atoms with Crippen LogP contribution >= 0.6 is 0 Å². The largest absolute Gasteiger partial charge is 0.504 e. The second kappa shape index (κ2) is 7.36. The minimum atomic E-state index is -0.401. The number of rotatable bonds is 6. The molecule has 1 amide bonds. The zero-order valence-corrected chi connectivity index (χ0v) is 12.7. The third-order valence-corrected chi connectivity index (χ3v) is 3.33. The van der Waals surface area contributed by atoms with Gasteiger partial charge in [0.05, 0.1) is 0 Å². The summed E-state index contributed by atoms with van der Waals surface area (Å²) in [6.45, 7) is 0. The highest BCUT2D eigenvalue weighted by Crippen LogP contribution is 2.27. The van der Waals surface area contributed by atoms with E-state index in [1.807, 2.05) is 0 Å². The van der Waals surface area contributed by atoms with Crippen molar-refractivity contribution in [3.05, 3.63) is 42.0 Å². The highest BCUT2D eigenvalue weighted by Gasteiger charge is 2.10. The van der Waals surface area contributed by atoms with Crippen molar-refractivity contribution in [1.29, 1.82) is 0 Å². The number of phenolic OH excluding ortho intramolecular Hbond substituents is 4. The number of hydrogen-bond acceptors (Lipinski definition) is 6. The van der Waals surface area contributed by atoms with Crippen LogP contribution in [0.3, 0.4) is 0 Å². The molecule has 0 unspecified atom stereocenters. The summed E-state index contributed by atoms with van der Waals surface area (Å²) < 4.78 is 0. The van der Waals surface area contributed by atoms with Gasteiger partial charge in [-0.1, -0.05) is 6.07 Å². The Balaban J connectivity index is 1.83. The van der Waals surface area contributed by atoms with Gasteiger partial charge >= 0.3 is 0 Å². The molecule has 0 aliphatic heterocycles. The highest BCUT2D eigenvalue weighted by atomic mass is 16.3. The van der Waals surface area contributed by atoms with Crippen molar-refractivity contribution < 1.29 is 30.0 Å². The number of benzene rings is 2. The molecule has 0 bridgehead atoms. The number of carbonyl (C=O) groups is 2. The van der Waals surface area contributed by atoms with E-state index >= 15 is 0 Å². The van der Waals surface area contributed by atoms with Crippen LogP contribution in [0, 0.1) is 0 Å². The molecular weight excluding hydrogens is 314 g/mol. The Kier molecular flexibility index (Phi) is 5.26. The Hall–Kier alpha value is -3.22. The number of anilines is 1. The summed E-state index contributed by atoms with van der Waals surface area (Å²) in [6.07, 6.45) is 0.0171. The van der Waals surface area contributed by atoms with Crippen molar-refractivity contribution in [2.24, 2.45) is 0 Å². The quantitative estimate of drug-likeness (QED) is 0.407. The Morgan fingerprint density at radius 1 is 0.792 bits per heavy atom. The zero-order chi connectivity index (χ0) is 17.7. The molecule has 126 valence electrons. The Morgan fingerprint density at radius 3 is 2.04 bits per heavy atom. The van der Waals surface area contributed by atoms with E-state index in [9.17, 15) is 30.0 Å². The predicted molar refractivity (Wildman–Crippen MR) is 86.1 cm³/mol. The van der Waals surface area contributed by atoms with Gasteiger partial charge in [0.2, 0.25) is 5.91 Å². The van der Waals surface area contributed by atoms with Crippen LogP contribution in [0.4, 0.5) is 5.69 Å². The van der Waals surface area contributed by atoms with Crippen molar-refractivity contribution >= 4 is 17.4 Å². The van der Waals surface area contributed by atoms with Crippen LogP contribution in [-0.4, -0.2) is 32.1 Å². The average Bonchev–Trinajstić information content (AvgIpc) is 2.53. The van der Waals surface area contributed by atoms with E-state index in [0.717, 1.165) is 0 Å². The van der Waals surface area contributed by atoms with Gasteiger partial charge in [0.25, 0.3) is 0 Å². The minimum absolute atomic E-state index is 0.0114. The van der Waals surface area contributed by atoms with Crippen molar-refractivity contribution in [3.63, 3.8) is 0 Å². The first-order valence-corrected chi connectivity index (χ1v) is 7.19. The summed E-state index contributed by atoms with van der Waals surface area (Å²) in [6, 6.07) is 7.98. The second-order valence-corrected chi connectivity index (χ2v) is 5.29. The molecule has 2 aromatic rings. The van der Waals surface area contributed by atoms with Gasteiger partial charge in [-0.05, 0) is 29.8 Å². The lowest BCUT2D eigenvalue weighted by molar-refractivity contribution is -0.122. The molecule has 0 aliphatic carbocycles. The van der Waals surface area contributed by atoms with E-state index in [0.29, 0.717) is 11.3 Å². The molecule has 5 N–H and O–H groups in total. The maximum absolute atomic E-state index is 11.9. The predicted octanol–water partition coefficient (Wildman–Crippen LogP) is 2.04. The molecule has 7 nitrogen and oxygen atoms in total. The molecule has 0 aliphatic rings. The van der Waals surface area contributed by atoms with Crippen LogP contribution in [0.1, 0.15) is 18.4 Å². The number of phenols is 4. The van der Waals surface area contributed by atoms with Crippen LogP contribution in [-0.2, 0) is 16.0 Å². The van der Waals surface area contributed by atoms with E-state index in [-0.39, 0.29) is 48.0 Å². The van der Waals surface area contributed by atoms with Crippen molar-refractivity contribution in [1.82, 2.24) is 0 Å². The van der Waals surface area contributed by atoms with Gasteiger partial charge in [-0.25, -0.2) is 0 Å². The topological polar surface area (TPSA) is 127 Å². The summed E-state index contributed by atoms with van der Waals surface area (Å²) in [7, 11) is 0. The van der Waals surface area contributed by atoms with Crippen LogP contribution in [0.25, 0.3) is 0 Å². The van der Waals surface area contributed by atoms with Crippen molar-refractivity contribution in [2.75, 3.05) is 5.32 Å². The fraction of sp³-hybridized carbons (Fsp3) is 0.176. The first kappa shape index (κ1) is 17.1. The second-order valence-electron chi connectivity index (χ2n) is 5.29. The molecule has 7 heteroatoms. The maximum atomic E-state index is 11.9. The van der Waals surface area contributed by atoms with E-state index in [2.05, 4.69) is 5.32 Å². The normalized spacial score (nSPS) is 10.3. The van der Waals surface area contributed by atoms with Gasteiger partial charge in [0.1, 0.15) is 5.78 Å². The first-order valence-electron chi connectivity index (χ1n) is 7.19. The molecular formula is C17H17NO6. The van der Waals surface area contributed by atoms with Gasteiger partial charge in [0.15, 0.2) is 23.0 Å². The molecule has 2 rings (SSSR count). The Bertz CT molecular complexity index is 706. The minimum Gasteiger partial charge on any atom is -0.504 e. The summed E-state index contributed by atoms with van der Waals surface area (Å²) >= 11 is 0. The molecule has 2 aromatic carbocycles. The summed E-state index contributed by atoms with van der Waals surface area (Å²) in [5, 5.41) is 39.6. The molecule has 0 aromatic heterocycles. The van der Waals surface area contributed by atoms with Gasteiger partial charge < -0.3 is 25.7 Å². The fourth-order valence-electron chi connectivity index (χ4n) is 2.07. The summed E-state index contributed by atoms with van der Waals surface area (Å²) in [4.78, 5) is 23.7. The lowest BCUT2D eigenvalue weighted by Crippen LogP contribution is -2.14. The van der Waals surface area contributed by atoms with E-state index in [1.165, 1.54) is 36.4 Å². The Labute approximate surface area is 137 Å². The monoisotopic (exact) mass is 331 g/mol. The van der Waals surface area contributed by atoms with Crippen LogP contribution < -0.4 is 5.32 Å². The lowest BCUT2D eigenvalue weighted by Gasteiger charge is -2.07. The average molecular weight is 331 g/mol. The number of amides is 1. The molecule has 0 fully saturated rings. The molecule has 24 heavy (non-hydrogen) atoms. The van der Waals surface area contributed by atoms with Gasteiger partial charge in [0, 0.05) is 31.0 Å². The first-order chi connectivity index (χ1) is 11.3.